The van der Waals surface area contributed by atoms with Crippen LogP contribution in [0.1, 0.15) is 18.4 Å². The van der Waals surface area contributed by atoms with Crippen LogP contribution in [-0.4, -0.2) is 62.6 Å². The molecule has 1 N–H and O–H groups in total. The smallest absolute Gasteiger partial charge is 0.321 e. The molecule has 0 bridgehead atoms. The summed E-state index contributed by atoms with van der Waals surface area (Å²) in [6.07, 6.45) is 2.34. The van der Waals surface area contributed by atoms with Crippen molar-refractivity contribution in [2.24, 2.45) is 5.92 Å². The number of likely N-dealkylation sites (tertiary alicyclic amines) is 1. The van der Waals surface area contributed by atoms with E-state index in [-0.39, 0.29) is 17.9 Å². The summed E-state index contributed by atoms with van der Waals surface area (Å²) >= 11 is 0. The molecule has 1 aliphatic rings. The van der Waals surface area contributed by atoms with Crippen LogP contribution in [0, 0.1) is 5.92 Å². The van der Waals surface area contributed by atoms with Crippen LogP contribution in [0.15, 0.2) is 48.5 Å². The number of methoxy groups -OCH3 is 2. The van der Waals surface area contributed by atoms with Gasteiger partial charge in [0.25, 0.3) is 0 Å². The van der Waals surface area contributed by atoms with E-state index in [9.17, 15) is 9.59 Å². The first kappa shape index (κ1) is 22.5. The average Bonchev–Trinajstić information content (AvgIpc) is 2.82. The van der Waals surface area contributed by atoms with E-state index in [2.05, 4.69) is 5.32 Å². The van der Waals surface area contributed by atoms with Crippen molar-refractivity contribution in [2.45, 2.75) is 19.3 Å². The number of hydrogen-bond acceptors (Lipinski definition) is 4. The Hall–Kier alpha value is -3.22. The third-order valence-electron chi connectivity index (χ3n) is 5.64. The Labute approximate surface area is 183 Å². The van der Waals surface area contributed by atoms with Gasteiger partial charge in [-0.1, -0.05) is 24.3 Å². The second-order valence-electron chi connectivity index (χ2n) is 7.78. The predicted octanol–water partition coefficient (Wildman–Crippen LogP) is 3.65. The summed E-state index contributed by atoms with van der Waals surface area (Å²) in [5.74, 6) is 1.27. The molecular weight excluding hydrogens is 394 g/mol. The molecule has 2 aromatic rings. The minimum absolute atomic E-state index is 0.0812. The number of carbonyl (C=O) groups excluding carboxylic acids is 2. The molecule has 7 heteroatoms. The van der Waals surface area contributed by atoms with E-state index in [0.717, 1.165) is 24.1 Å². The quantitative estimate of drug-likeness (QED) is 0.735. The van der Waals surface area contributed by atoms with Crippen LogP contribution in [0.4, 0.5) is 10.5 Å². The molecule has 0 radical (unpaired) electrons. The van der Waals surface area contributed by atoms with E-state index in [1.54, 1.807) is 24.0 Å². The number of rotatable bonds is 7. The van der Waals surface area contributed by atoms with E-state index in [0.29, 0.717) is 37.6 Å². The number of urea groups is 1. The highest BCUT2D eigenvalue weighted by molar-refractivity contribution is 5.90. The standard InChI is InChI=1S/C24H31N3O4/c1-26(15-13-18-11-12-21(30-2)22(16-18)31-3)23(28)19-8-7-14-27(17-19)24(29)25-20-9-5-4-6-10-20/h4-6,9-12,16,19H,7-8,13-15,17H2,1-3H3,(H,25,29)/t19-/m1/s1. The summed E-state index contributed by atoms with van der Waals surface area (Å²) in [7, 11) is 5.05. The third kappa shape index (κ3) is 5.90. The fourth-order valence-electron chi connectivity index (χ4n) is 3.84. The monoisotopic (exact) mass is 425 g/mol. The van der Waals surface area contributed by atoms with E-state index in [1.807, 2.05) is 55.6 Å². The molecule has 3 rings (SSSR count). The number of para-hydroxylation sites is 1. The SMILES string of the molecule is COc1ccc(CCN(C)C(=O)[C@@H]2CCCN(C(=O)Nc3ccccc3)C2)cc1OC. The Kier molecular flexibility index (Phi) is 7.76. The predicted molar refractivity (Wildman–Crippen MR) is 121 cm³/mol. The van der Waals surface area contributed by atoms with Crippen molar-refractivity contribution in [3.05, 3.63) is 54.1 Å². The van der Waals surface area contributed by atoms with Gasteiger partial charge in [0, 0.05) is 32.4 Å². The number of benzene rings is 2. The summed E-state index contributed by atoms with van der Waals surface area (Å²) in [5, 5.41) is 2.91. The molecular formula is C24H31N3O4. The van der Waals surface area contributed by atoms with Crippen LogP contribution < -0.4 is 14.8 Å². The van der Waals surface area contributed by atoms with Gasteiger partial charge in [0.2, 0.25) is 5.91 Å². The summed E-state index contributed by atoms with van der Waals surface area (Å²) < 4.78 is 10.6. The highest BCUT2D eigenvalue weighted by Crippen LogP contribution is 2.28. The van der Waals surface area contributed by atoms with Gasteiger partial charge in [0.1, 0.15) is 0 Å². The molecule has 1 fully saturated rings. The molecule has 0 spiro atoms. The first-order valence-electron chi connectivity index (χ1n) is 10.6. The average molecular weight is 426 g/mol. The Morgan fingerprint density at radius 3 is 2.55 bits per heavy atom. The summed E-state index contributed by atoms with van der Waals surface area (Å²) in [5.41, 5.74) is 1.83. The zero-order valence-electron chi connectivity index (χ0n) is 18.5. The van der Waals surface area contributed by atoms with Gasteiger partial charge >= 0.3 is 6.03 Å². The lowest BCUT2D eigenvalue weighted by atomic mass is 9.96. The topological polar surface area (TPSA) is 71.1 Å². The van der Waals surface area contributed by atoms with Crippen LogP contribution in [0.3, 0.4) is 0 Å². The van der Waals surface area contributed by atoms with Crippen molar-refractivity contribution in [2.75, 3.05) is 46.2 Å². The number of ether oxygens (including phenoxy) is 2. The van der Waals surface area contributed by atoms with Crippen molar-refractivity contribution >= 4 is 17.6 Å². The number of carbonyl (C=O) groups is 2. The molecule has 31 heavy (non-hydrogen) atoms. The molecule has 1 aliphatic heterocycles. The lowest BCUT2D eigenvalue weighted by molar-refractivity contribution is -0.135. The lowest BCUT2D eigenvalue weighted by Gasteiger charge is -2.34. The molecule has 0 saturated carbocycles. The maximum atomic E-state index is 13.0. The van der Waals surface area contributed by atoms with E-state index in [4.69, 9.17) is 9.47 Å². The van der Waals surface area contributed by atoms with Crippen molar-refractivity contribution in [1.29, 1.82) is 0 Å². The van der Waals surface area contributed by atoms with Gasteiger partial charge in [0.15, 0.2) is 11.5 Å². The Balaban J connectivity index is 1.53. The van der Waals surface area contributed by atoms with Crippen LogP contribution in [0.2, 0.25) is 0 Å². The largest absolute Gasteiger partial charge is 0.493 e. The molecule has 0 aromatic heterocycles. The van der Waals surface area contributed by atoms with Gasteiger partial charge in [-0.15, -0.1) is 0 Å². The summed E-state index contributed by atoms with van der Waals surface area (Å²) in [4.78, 5) is 29.1. The number of nitrogens with one attached hydrogen (secondary N) is 1. The summed E-state index contributed by atoms with van der Waals surface area (Å²) in [6.45, 7) is 1.71. The fraction of sp³-hybridized carbons (Fsp3) is 0.417. The highest BCUT2D eigenvalue weighted by atomic mass is 16.5. The third-order valence-corrected chi connectivity index (χ3v) is 5.64. The zero-order valence-corrected chi connectivity index (χ0v) is 18.5. The van der Waals surface area contributed by atoms with Gasteiger partial charge in [-0.05, 0) is 49.1 Å². The van der Waals surface area contributed by atoms with Crippen LogP contribution in [-0.2, 0) is 11.2 Å². The summed E-state index contributed by atoms with van der Waals surface area (Å²) in [6, 6.07) is 15.0. The van der Waals surface area contributed by atoms with Crippen LogP contribution in [0.5, 0.6) is 11.5 Å². The normalized spacial score (nSPS) is 15.8. The molecule has 1 heterocycles. The number of likely N-dealkylation sites (N-methyl/N-ethyl adjacent to an activating group) is 1. The van der Waals surface area contributed by atoms with Gasteiger partial charge in [-0.3, -0.25) is 4.79 Å². The second-order valence-corrected chi connectivity index (χ2v) is 7.78. The lowest BCUT2D eigenvalue weighted by Crippen LogP contribution is -2.47. The number of nitrogens with zero attached hydrogens (tertiary/aromatic N) is 2. The molecule has 0 unspecified atom stereocenters. The van der Waals surface area contributed by atoms with Gasteiger partial charge < -0.3 is 24.6 Å². The van der Waals surface area contributed by atoms with E-state index in [1.165, 1.54) is 0 Å². The Bertz CT molecular complexity index is 888. The fourth-order valence-corrected chi connectivity index (χ4v) is 3.84. The molecule has 1 saturated heterocycles. The number of piperidine rings is 1. The van der Waals surface area contributed by atoms with Crippen molar-refractivity contribution < 1.29 is 19.1 Å². The molecule has 166 valence electrons. The number of anilines is 1. The first-order valence-corrected chi connectivity index (χ1v) is 10.6. The number of hydrogen-bond donors (Lipinski definition) is 1. The molecule has 3 amide bonds. The van der Waals surface area contributed by atoms with E-state index >= 15 is 0 Å². The second kappa shape index (κ2) is 10.7. The van der Waals surface area contributed by atoms with Crippen LogP contribution >= 0.6 is 0 Å². The maximum absolute atomic E-state index is 13.0. The van der Waals surface area contributed by atoms with Crippen molar-refractivity contribution in [3.8, 4) is 11.5 Å². The van der Waals surface area contributed by atoms with Gasteiger partial charge in [-0.2, -0.15) is 0 Å². The van der Waals surface area contributed by atoms with Crippen LogP contribution in [0.25, 0.3) is 0 Å². The van der Waals surface area contributed by atoms with Gasteiger partial charge in [-0.25, -0.2) is 4.79 Å². The first-order chi connectivity index (χ1) is 15.0. The highest BCUT2D eigenvalue weighted by Gasteiger charge is 2.30. The minimum atomic E-state index is -0.175. The zero-order chi connectivity index (χ0) is 22.2. The van der Waals surface area contributed by atoms with E-state index < -0.39 is 0 Å². The molecule has 2 aromatic carbocycles. The van der Waals surface area contributed by atoms with Crippen molar-refractivity contribution in [1.82, 2.24) is 9.80 Å². The van der Waals surface area contributed by atoms with Gasteiger partial charge in [0.05, 0.1) is 20.1 Å². The Morgan fingerprint density at radius 2 is 1.84 bits per heavy atom. The molecule has 7 nitrogen and oxygen atoms in total. The molecule has 1 atom stereocenters. The maximum Gasteiger partial charge on any atom is 0.321 e. The van der Waals surface area contributed by atoms with Crippen molar-refractivity contribution in [3.63, 3.8) is 0 Å². The molecule has 0 aliphatic carbocycles. The number of amides is 3. The minimum Gasteiger partial charge on any atom is -0.493 e. The Morgan fingerprint density at radius 1 is 1.10 bits per heavy atom.